The molecule has 0 aliphatic heterocycles. The number of benzene rings is 4. The first kappa shape index (κ1) is 44.3. The lowest BCUT2D eigenvalue weighted by molar-refractivity contribution is 0.310. The van der Waals surface area contributed by atoms with Gasteiger partial charge in [0.05, 0.1) is 27.4 Å². The Morgan fingerprint density at radius 3 is 1.16 bits per heavy atom. The summed E-state index contributed by atoms with van der Waals surface area (Å²) in [6.45, 7) is -0.210. The van der Waals surface area contributed by atoms with E-state index in [1.54, 1.807) is 48.5 Å². The second-order valence-electron chi connectivity index (χ2n) is 12.7. The minimum atomic E-state index is -4.88. The molecule has 2 aromatic heterocycles. The quantitative estimate of drug-likeness (QED) is 0.0372. The fourth-order valence-corrected chi connectivity index (χ4v) is 6.93. The van der Waals surface area contributed by atoms with Gasteiger partial charge in [0.2, 0.25) is 35.7 Å². The SMILES string of the molecule is COc1cccc(Nc2nc(NCCO)nc(Nc3ccc(/C=C/c4ccc(Nc5nc(NCCO)nc(Nc6cccc(OC)c6)n5)cc4S(=O)(=O)O)c(S(=O)(=O)O)c3)n2)c1. The van der Waals surface area contributed by atoms with Gasteiger partial charge in [-0.25, -0.2) is 0 Å². The molecule has 0 aliphatic rings. The normalized spacial score (nSPS) is 11.5. The van der Waals surface area contributed by atoms with Gasteiger partial charge >= 0.3 is 0 Å². The van der Waals surface area contributed by atoms with Crippen molar-refractivity contribution in [3.05, 3.63) is 96.1 Å². The summed E-state index contributed by atoms with van der Waals surface area (Å²) in [5, 5.41) is 36.2. The lowest BCUT2D eigenvalue weighted by atomic mass is 10.1. The van der Waals surface area contributed by atoms with Gasteiger partial charge < -0.3 is 51.6 Å². The first-order chi connectivity index (χ1) is 29.7. The van der Waals surface area contributed by atoms with Crippen LogP contribution >= 0.6 is 0 Å². The third-order valence-electron chi connectivity index (χ3n) is 8.25. The van der Waals surface area contributed by atoms with Crippen LogP contribution in [-0.4, -0.2) is 107 Å². The van der Waals surface area contributed by atoms with Crippen LogP contribution in [0.4, 0.5) is 58.4 Å². The van der Waals surface area contributed by atoms with Crippen molar-refractivity contribution < 1.29 is 45.6 Å². The van der Waals surface area contributed by atoms with Crippen LogP contribution in [0.1, 0.15) is 11.1 Å². The monoisotopic (exact) mass is 888 g/mol. The lowest BCUT2D eigenvalue weighted by Crippen LogP contribution is -2.12. The zero-order valence-electron chi connectivity index (χ0n) is 32.8. The highest BCUT2D eigenvalue weighted by molar-refractivity contribution is 7.86. The van der Waals surface area contributed by atoms with E-state index >= 15 is 0 Å². The summed E-state index contributed by atoms with van der Waals surface area (Å²) in [6.07, 6.45) is 2.48. The summed E-state index contributed by atoms with van der Waals surface area (Å²) >= 11 is 0. The van der Waals surface area contributed by atoms with E-state index in [2.05, 4.69) is 61.8 Å². The molecular weight excluding hydrogens is 849 g/mol. The van der Waals surface area contributed by atoms with E-state index < -0.39 is 30.0 Å². The summed E-state index contributed by atoms with van der Waals surface area (Å²) in [4.78, 5) is 24.7. The van der Waals surface area contributed by atoms with Crippen LogP contribution < -0.4 is 41.4 Å². The molecule has 0 fully saturated rings. The molecule has 62 heavy (non-hydrogen) atoms. The Morgan fingerprint density at radius 1 is 0.500 bits per heavy atom. The molecule has 10 N–H and O–H groups in total. The van der Waals surface area contributed by atoms with E-state index in [1.807, 2.05) is 0 Å². The van der Waals surface area contributed by atoms with Crippen LogP contribution in [-0.2, 0) is 20.2 Å². The number of aromatic nitrogens is 6. The van der Waals surface area contributed by atoms with Gasteiger partial charge in [0.1, 0.15) is 21.3 Å². The van der Waals surface area contributed by atoms with Crippen molar-refractivity contribution in [1.82, 2.24) is 29.9 Å². The van der Waals surface area contributed by atoms with Crippen molar-refractivity contribution in [3.63, 3.8) is 0 Å². The molecule has 324 valence electrons. The second-order valence-corrected chi connectivity index (χ2v) is 15.4. The van der Waals surface area contributed by atoms with Gasteiger partial charge in [0.15, 0.2) is 0 Å². The maximum absolute atomic E-state index is 12.6. The summed E-state index contributed by atoms with van der Waals surface area (Å²) in [5.41, 5.74) is 1.33. The van der Waals surface area contributed by atoms with Crippen molar-refractivity contribution in [2.24, 2.45) is 0 Å². The van der Waals surface area contributed by atoms with Gasteiger partial charge in [-0.3, -0.25) is 9.11 Å². The highest BCUT2D eigenvalue weighted by atomic mass is 32.2. The molecule has 0 aliphatic carbocycles. The Bertz CT molecular complexity index is 2610. The number of nitrogens with one attached hydrogen (secondary N) is 6. The minimum absolute atomic E-state index is 0.0407. The summed E-state index contributed by atoms with van der Waals surface area (Å²) < 4.78 is 81.6. The number of methoxy groups -OCH3 is 2. The molecule has 0 spiro atoms. The Hall–Kier alpha value is -7.22. The van der Waals surface area contributed by atoms with Gasteiger partial charge in [-0.05, 0) is 59.7 Å². The maximum Gasteiger partial charge on any atom is 0.295 e. The zero-order chi connectivity index (χ0) is 44.3. The zero-order valence-corrected chi connectivity index (χ0v) is 34.4. The van der Waals surface area contributed by atoms with Crippen LogP contribution in [0.3, 0.4) is 0 Å². The Morgan fingerprint density at radius 2 is 0.839 bits per heavy atom. The molecule has 22 nitrogen and oxygen atoms in total. The van der Waals surface area contributed by atoms with Crippen LogP contribution in [0.2, 0.25) is 0 Å². The van der Waals surface area contributed by atoms with Crippen LogP contribution in [0.5, 0.6) is 11.5 Å². The largest absolute Gasteiger partial charge is 0.497 e. The fourth-order valence-electron chi connectivity index (χ4n) is 5.51. The smallest absolute Gasteiger partial charge is 0.295 e. The average molecular weight is 889 g/mol. The number of nitrogens with zero attached hydrogens (tertiary/aromatic N) is 6. The predicted octanol–water partition coefficient (Wildman–Crippen LogP) is 4.52. The molecule has 0 amide bonds. The predicted molar refractivity (Wildman–Crippen MR) is 231 cm³/mol. The van der Waals surface area contributed by atoms with Gasteiger partial charge in [-0.15, -0.1) is 0 Å². The minimum Gasteiger partial charge on any atom is -0.497 e. The van der Waals surface area contributed by atoms with Gasteiger partial charge in [0, 0.05) is 48.0 Å². The van der Waals surface area contributed by atoms with E-state index in [9.17, 15) is 36.2 Å². The molecule has 0 radical (unpaired) electrons. The van der Waals surface area contributed by atoms with Crippen molar-refractivity contribution in [3.8, 4) is 11.5 Å². The highest BCUT2D eigenvalue weighted by Gasteiger charge is 2.19. The van der Waals surface area contributed by atoms with Gasteiger partial charge in [-0.2, -0.15) is 46.7 Å². The number of ether oxygens (including phenoxy) is 2. The number of rotatable bonds is 20. The number of anilines is 10. The van der Waals surface area contributed by atoms with E-state index in [4.69, 9.17) is 9.47 Å². The number of hydrogen-bond donors (Lipinski definition) is 10. The molecular formula is C38H40N12O10S2. The Labute approximate surface area is 355 Å². The lowest BCUT2D eigenvalue weighted by Gasteiger charge is -2.13. The van der Waals surface area contributed by atoms with Crippen molar-refractivity contribution in [1.29, 1.82) is 0 Å². The molecule has 0 bridgehead atoms. The van der Waals surface area contributed by atoms with Gasteiger partial charge in [0.25, 0.3) is 20.2 Å². The van der Waals surface area contributed by atoms with Gasteiger partial charge in [-0.1, -0.05) is 36.4 Å². The maximum atomic E-state index is 12.6. The molecule has 0 saturated heterocycles. The van der Waals surface area contributed by atoms with Crippen molar-refractivity contribution >= 4 is 90.8 Å². The molecule has 2 heterocycles. The molecule has 4 aromatic carbocycles. The number of hydrogen-bond acceptors (Lipinski definition) is 20. The number of aliphatic hydroxyl groups excluding tert-OH is 2. The van der Waals surface area contributed by atoms with E-state index in [-0.39, 0.29) is 84.5 Å². The Kier molecular flexibility index (Phi) is 14.2. The first-order valence-corrected chi connectivity index (χ1v) is 21.1. The van der Waals surface area contributed by atoms with Crippen LogP contribution in [0.15, 0.2) is 94.7 Å². The summed E-state index contributed by atoms with van der Waals surface area (Å²) in [6, 6.07) is 21.7. The second kappa shape index (κ2) is 19.9. The molecule has 0 unspecified atom stereocenters. The molecule has 6 rings (SSSR count). The molecule has 0 saturated carbocycles. The summed E-state index contributed by atoms with van der Waals surface area (Å²) in [7, 11) is -6.72. The molecule has 6 aromatic rings. The Balaban J connectivity index is 1.27. The number of aliphatic hydroxyl groups is 2. The third-order valence-corrected chi connectivity index (χ3v) is 10.1. The van der Waals surface area contributed by atoms with Crippen molar-refractivity contribution in [2.75, 3.05) is 72.4 Å². The van der Waals surface area contributed by atoms with E-state index in [0.29, 0.717) is 22.9 Å². The standard InChI is InChI=1S/C38H40N12O10S2/c1-59-29-7-3-5-25(19-29)41-35-45-33(39-15-17-51)47-37(49-35)43-27-13-11-23(31(21-27)61(53,54)55)9-10-24-12-14-28(22-32(24)62(56,57)58)44-38-48-34(40-16-18-52)46-36(50-38)42-26-6-4-8-30(20-26)60-2/h3-14,19-22,51-52H,15-18H2,1-2H3,(H,53,54,55)(H,56,57,58)(H3,39,41,43,45,47,49)(H3,40,42,44,46,48,50)/b10-9+. The fraction of sp³-hybridized carbons (Fsp3) is 0.158. The average Bonchev–Trinajstić information content (AvgIpc) is 3.24. The van der Waals surface area contributed by atoms with Crippen molar-refractivity contribution in [2.45, 2.75) is 9.79 Å². The third kappa shape index (κ3) is 12.2. The topological polar surface area (TPSA) is 317 Å². The van der Waals surface area contributed by atoms with E-state index in [0.717, 1.165) is 12.1 Å². The van der Waals surface area contributed by atoms with Crippen LogP contribution in [0.25, 0.3) is 12.2 Å². The molecule has 24 heteroatoms. The van der Waals surface area contributed by atoms with Crippen LogP contribution in [0, 0.1) is 0 Å². The molecule has 0 atom stereocenters. The van der Waals surface area contributed by atoms with E-state index in [1.165, 1.54) is 50.6 Å². The highest BCUT2D eigenvalue weighted by Crippen LogP contribution is 2.29. The first-order valence-electron chi connectivity index (χ1n) is 18.2. The summed E-state index contributed by atoms with van der Waals surface area (Å²) in [5.74, 6) is 1.38.